The molecule has 0 aliphatic rings. The van der Waals surface area contributed by atoms with Crippen molar-refractivity contribution in [3.8, 4) is 11.3 Å². The van der Waals surface area contributed by atoms with Crippen LogP contribution in [-0.4, -0.2) is 4.98 Å². The van der Waals surface area contributed by atoms with Crippen LogP contribution >= 0.6 is 15.9 Å². The quantitative estimate of drug-likeness (QED) is 0.655. The SMILES string of the molecule is BrCc1ccc2[nH]c(-c3ccccc3)cc2c1. The van der Waals surface area contributed by atoms with E-state index in [9.17, 15) is 0 Å². The van der Waals surface area contributed by atoms with Gasteiger partial charge >= 0.3 is 0 Å². The van der Waals surface area contributed by atoms with Crippen LogP contribution in [0.1, 0.15) is 5.56 Å². The number of rotatable bonds is 2. The lowest BCUT2D eigenvalue weighted by molar-refractivity contribution is 1.43. The molecule has 3 aromatic rings. The minimum atomic E-state index is 0.898. The highest BCUT2D eigenvalue weighted by molar-refractivity contribution is 9.08. The van der Waals surface area contributed by atoms with Gasteiger partial charge in [-0.15, -0.1) is 0 Å². The first kappa shape index (κ1) is 10.6. The van der Waals surface area contributed by atoms with Gasteiger partial charge < -0.3 is 4.98 Å². The number of aromatic amines is 1. The van der Waals surface area contributed by atoms with Crippen LogP contribution in [0.15, 0.2) is 54.6 Å². The third kappa shape index (κ3) is 2.01. The number of hydrogen-bond acceptors (Lipinski definition) is 0. The summed E-state index contributed by atoms with van der Waals surface area (Å²) < 4.78 is 0. The monoisotopic (exact) mass is 285 g/mol. The van der Waals surface area contributed by atoms with Crippen molar-refractivity contribution in [2.75, 3.05) is 0 Å². The normalized spacial score (nSPS) is 10.9. The number of H-pyrrole nitrogens is 1. The van der Waals surface area contributed by atoms with Crippen LogP contribution in [0.2, 0.25) is 0 Å². The summed E-state index contributed by atoms with van der Waals surface area (Å²) in [6.45, 7) is 0. The van der Waals surface area contributed by atoms with Crippen LogP contribution in [0.3, 0.4) is 0 Å². The molecule has 3 rings (SSSR count). The minimum absolute atomic E-state index is 0.898. The molecule has 2 heteroatoms. The molecule has 0 saturated heterocycles. The summed E-state index contributed by atoms with van der Waals surface area (Å²) in [7, 11) is 0. The van der Waals surface area contributed by atoms with Gasteiger partial charge in [-0.3, -0.25) is 0 Å². The molecule has 0 unspecified atom stereocenters. The van der Waals surface area contributed by atoms with Crippen molar-refractivity contribution in [1.82, 2.24) is 4.98 Å². The maximum atomic E-state index is 3.48. The molecule has 0 aliphatic carbocycles. The lowest BCUT2D eigenvalue weighted by atomic mass is 10.1. The lowest BCUT2D eigenvalue weighted by Gasteiger charge is -1.95. The molecule has 0 atom stereocenters. The largest absolute Gasteiger partial charge is 0.355 e. The first-order valence-corrected chi connectivity index (χ1v) is 6.72. The fourth-order valence-corrected chi connectivity index (χ4v) is 2.39. The van der Waals surface area contributed by atoms with Gasteiger partial charge in [0.2, 0.25) is 0 Å². The molecule has 84 valence electrons. The third-order valence-electron chi connectivity index (χ3n) is 2.92. The predicted molar refractivity (Wildman–Crippen MR) is 76.4 cm³/mol. The summed E-state index contributed by atoms with van der Waals surface area (Å²) >= 11 is 3.48. The summed E-state index contributed by atoms with van der Waals surface area (Å²) in [5, 5.41) is 2.16. The van der Waals surface area contributed by atoms with Gasteiger partial charge in [0.05, 0.1) is 0 Å². The number of halogens is 1. The number of aromatic nitrogens is 1. The number of nitrogens with one attached hydrogen (secondary N) is 1. The van der Waals surface area contributed by atoms with Crippen LogP contribution in [0.5, 0.6) is 0 Å². The molecule has 0 amide bonds. The Balaban J connectivity index is 2.14. The first-order chi connectivity index (χ1) is 8.36. The molecule has 0 spiro atoms. The van der Waals surface area contributed by atoms with E-state index >= 15 is 0 Å². The molecule has 0 aliphatic heterocycles. The average Bonchev–Trinajstić information content (AvgIpc) is 2.82. The zero-order chi connectivity index (χ0) is 11.7. The van der Waals surface area contributed by atoms with Crippen LogP contribution in [-0.2, 0) is 5.33 Å². The van der Waals surface area contributed by atoms with Crippen molar-refractivity contribution >= 4 is 26.8 Å². The van der Waals surface area contributed by atoms with Gasteiger partial charge in [-0.1, -0.05) is 52.3 Å². The number of benzene rings is 2. The Morgan fingerprint density at radius 3 is 2.53 bits per heavy atom. The van der Waals surface area contributed by atoms with Gasteiger partial charge in [0.25, 0.3) is 0 Å². The van der Waals surface area contributed by atoms with Crippen molar-refractivity contribution < 1.29 is 0 Å². The molecule has 1 nitrogen and oxygen atoms in total. The topological polar surface area (TPSA) is 15.8 Å². The summed E-state index contributed by atoms with van der Waals surface area (Å²) in [6.07, 6.45) is 0. The number of fused-ring (bicyclic) bond motifs is 1. The summed E-state index contributed by atoms with van der Waals surface area (Å²) in [6, 6.07) is 19.1. The van der Waals surface area contributed by atoms with Crippen LogP contribution in [0.25, 0.3) is 22.2 Å². The molecular formula is C15H12BrN. The smallest absolute Gasteiger partial charge is 0.0464 e. The average molecular weight is 286 g/mol. The van der Waals surface area contributed by atoms with Crippen LogP contribution in [0.4, 0.5) is 0 Å². The molecule has 1 heterocycles. The lowest BCUT2D eigenvalue weighted by Crippen LogP contribution is -1.76. The van der Waals surface area contributed by atoms with Crippen molar-refractivity contribution in [2.45, 2.75) is 5.33 Å². The molecule has 2 aromatic carbocycles. The second-order valence-corrected chi connectivity index (χ2v) is 4.67. The minimum Gasteiger partial charge on any atom is -0.355 e. The van der Waals surface area contributed by atoms with E-state index in [1.807, 2.05) is 6.07 Å². The van der Waals surface area contributed by atoms with E-state index < -0.39 is 0 Å². The van der Waals surface area contributed by atoms with Gasteiger partial charge in [0.1, 0.15) is 0 Å². The number of alkyl halides is 1. The molecule has 0 saturated carbocycles. The molecule has 0 radical (unpaired) electrons. The highest BCUT2D eigenvalue weighted by atomic mass is 79.9. The fourth-order valence-electron chi connectivity index (χ4n) is 2.04. The van der Waals surface area contributed by atoms with E-state index in [-0.39, 0.29) is 0 Å². The molecule has 0 fully saturated rings. The van der Waals surface area contributed by atoms with E-state index in [0.29, 0.717) is 0 Å². The maximum Gasteiger partial charge on any atom is 0.0464 e. The predicted octanol–water partition coefficient (Wildman–Crippen LogP) is 4.73. The van der Waals surface area contributed by atoms with Crippen molar-refractivity contribution in [1.29, 1.82) is 0 Å². The van der Waals surface area contributed by atoms with Gasteiger partial charge in [0.15, 0.2) is 0 Å². The summed E-state index contributed by atoms with van der Waals surface area (Å²) in [5.74, 6) is 0. The Kier molecular flexibility index (Phi) is 2.73. The van der Waals surface area contributed by atoms with E-state index in [4.69, 9.17) is 0 Å². The second kappa shape index (κ2) is 4.38. The Labute approximate surface area is 109 Å². The van der Waals surface area contributed by atoms with Gasteiger partial charge in [0, 0.05) is 21.9 Å². The van der Waals surface area contributed by atoms with E-state index in [0.717, 1.165) is 5.33 Å². The van der Waals surface area contributed by atoms with Crippen molar-refractivity contribution in [2.24, 2.45) is 0 Å². The summed E-state index contributed by atoms with van der Waals surface area (Å²) in [5.41, 5.74) is 4.89. The highest BCUT2D eigenvalue weighted by Crippen LogP contribution is 2.25. The Hall–Kier alpha value is -1.54. The fraction of sp³-hybridized carbons (Fsp3) is 0.0667. The summed E-state index contributed by atoms with van der Waals surface area (Å²) in [4.78, 5) is 3.45. The van der Waals surface area contributed by atoms with Crippen molar-refractivity contribution in [3.63, 3.8) is 0 Å². The zero-order valence-corrected chi connectivity index (χ0v) is 10.9. The Morgan fingerprint density at radius 1 is 0.941 bits per heavy atom. The maximum absolute atomic E-state index is 3.48. The highest BCUT2D eigenvalue weighted by Gasteiger charge is 2.03. The van der Waals surface area contributed by atoms with Crippen molar-refractivity contribution in [3.05, 3.63) is 60.2 Å². The molecule has 17 heavy (non-hydrogen) atoms. The number of hydrogen-bond donors (Lipinski definition) is 1. The van der Waals surface area contributed by atoms with E-state index in [1.54, 1.807) is 0 Å². The Morgan fingerprint density at radius 2 is 1.76 bits per heavy atom. The van der Waals surface area contributed by atoms with Crippen LogP contribution < -0.4 is 0 Å². The van der Waals surface area contributed by atoms with E-state index in [2.05, 4.69) is 69.4 Å². The van der Waals surface area contributed by atoms with Gasteiger partial charge in [-0.2, -0.15) is 0 Å². The second-order valence-electron chi connectivity index (χ2n) is 4.10. The third-order valence-corrected chi connectivity index (χ3v) is 3.57. The van der Waals surface area contributed by atoms with E-state index in [1.165, 1.54) is 27.7 Å². The molecule has 1 N–H and O–H groups in total. The van der Waals surface area contributed by atoms with Gasteiger partial charge in [-0.05, 0) is 29.3 Å². The molecular weight excluding hydrogens is 274 g/mol. The first-order valence-electron chi connectivity index (χ1n) is 5.60. The van der Waals surface area contributed by atoms with Crippen LogP contribution in [0, 0.1) is 0 Å². The zero-order valence-electron chi connectivity index (χ0n) is 9.28. The molecule has 0 bridgehead atoms. The van der Waals surface area contributed by atoms with Gasteiger partial charge in [-0.25, -0.2) is 0 Å². The Bertz CT molecular complexity index is 640. The standard InChI is InChI=1S/C15H12BrN/c16-10-11-6-7-14-13(8-11)9-15(17-14)12-4-2-1-3-5-12/h1-9,17H,10H2. The molecule has 1 aromatic heterocycles.